The first kappa shape index (κ1) is 14.1. The van der Waals surface area contributed by atoms with Crippen LogP contribution >= 0.6 is 0 Å². The highest BCUT2D eigenvalue weighted by molar-refractivity contribution is 5.27. The van der Waals surface area contributed by atoms with E-state index in [2.05, 4.69) is 29.6 Å². The third kappa shape index (κ3) is 4.75. The lowest BCUT2D eigenvalue weighted by atomic mass is 10.1. The number of ether oxygens (including phenoxy) is 1. The second-order valence-corrected chi connectivity index (χ2v) is 4.50. The Morgan fingerprint density at radius 2 is 1.70 bits per heavy atom. The van der Waals surface area contributed by atoms with Crippen LogP contribution in [0.15, 0.2) is 54.6 Å². The van der Waals surface area contributed by atoms with Crippen molar-refractivity contribution in [3.05, 3.63) is 65.7 Å². The van der Waals surface area contributed by atoms with Gasteiger partial charge in [-0.15, -0.1) is 0 Å². The average molecular weight is 266 g/mol. The molecule has 0 fully saturated rings. The summed E-state index contributed by atoms with van der Waals surface area (Å²) >= 11 is 0. The van der Waals surface area contributed by atoms with E-state index in [1.165, 1.54) is 11.1 Å². The van der Waals surface area contributed by atoms with Crippen molar-refractivity contribution in [2.24, 2.45) is 0 Å². The minimum atomic E-state index is 0.0919. The summed E-state index contributed by atoms with van der Waals surface area (Å²) in [7, 11) is 0. The van der Waals surface area contributed by atoms with E-state index in [0.717, 1.165) is 25.3 Å². The van der Waals surface area contributed by atoms with Crippen LogP contribution in [0.2, 0.25) is 0 Å². The van der Waals surface area contributed by atoms with Gasteiger partial charge in [-0.3, -0.25) is 0 Å². The van der Waals surface area contributed by atoms with Crippen LogP contribution in [-0.4, -0.2) is 13.2 Å². The highest BCUT2D eigenvalue weighted by Gasteiger charge is 1.96. The van der Waals surface area contributed by atoms with Gasteiger partial charge in [0.25, 0.3) is 0 Å². The molecule has 0 aliphatic heterocycles. The lowest BCUT2D eigenvalue weighted by molar-refractivity contribution is 0.368. The normalized spacial score (nSPS) is 9.95. The standard InChI is InChI=1S/C17H18N2O/c18-11-13-20-17-8-6-16(7-9-17)14-19-12-10-15-4-2-1-3-5-15/h1-9,19H,10,12-14H2. The molecular formula is C17H18N2O. The molecule has 0 atom stereocenters. The molecule has 0 saturated heterocycles. The van der Waals surface area contributed by atoms with Crippen LogP contribution in [0, 0.1) is 11.3 Å². The van der Waals surface area contributed by atoms with Crippen LogP contribution < -0.4 is 10.1 Å². The first-order valence-electron chi connectivity index (χ1n) is 6.72. The van der Waals surface area contributed by atoms with Crippen LogP contribution in [0.25, 0.3) is 0 Å². The maximum atomic E-state index is 8.43. The molecule has 2 aromatic carbocycles. The van der Waals surface area contributed by atoms with Crippen molar-refractivity contribution in [1.82, 2.24) is 5.32 Å². The van der Waals surface area contributed by atoms with Crippen LogP contribution in [0.4, 0.5) is 0 Å². The first-order valence-corrected chi connectivity index (χ1v) is 6.72. The van der Waals surface area contributed by atoms with Crippen molar-refractivity contribution >= 4 is 0 Å². The van der Waals surface area contributed by atoms with Gasteiger partial charge in [0, 0.05) is 6.54 Å². The van der Waals surface area contributed by atoms with Gasteiger partial charge in [0.1, 0.15) is 11.8 Å². The molecule has 0 aromatic heterocycles. The number of hydrogen-bond donors (Lipinski definition) is 1. The first-order chi connectivity index (χ1) is 9.88. The molecular weight excluding hydrogens is 248 g/mol. The van der Waals surface area contributed by atoms with Crippen LogP contribution in [0.5, 0.6) is 5.75 Å². The fourth-order valence-electron chi connectivity index (χ4n) is 1.93. The van der Waals surface area contributed by atoms with Gasteiger partial charge in [0.15, 0.2) is 6.61 Å². The van der Waals surface area contributed by atoms with Crippen molar-refractivity contribution in [1.29, 1.82) is 5.26 Å². The number of hydrogen-bond acceptors (Lipinski definition) is 3. The molecule has 0 amide bonds. The van der Waals surface area contributed by atoms with Gasteiger partial charge < -0.3 is 10.1 Å². The zero-order valence-electron chi connectivity index (χ0n) is 11.4. The Bertz CT molecular complexity index is 543. The fourth-order valence-corrected chi connectivity index (χ4v) is 1.93. The van der Waals surface area contributed by atoms with E-state index >= 15 is 0 Å². The molecule has 0 unspecified atom stereocenters. The molecule has 0 bridgehead atoms. The van der Waals surface area contributed by atoms with Gasteiger partial charge in [0.05, 0.1) is 0 Å². The number of benzene rings is 2. The minimum Gasteiger partial charge on any atom is -0.479 e. The fraction of sp³-hybridized carbons (Fsp3) is 0.235. The molecule has 0 radical (unpaired) electrons. The maximum absolute atomic E-state index is 8.43. The van der Waals surface area contributed by atoms with E-state index in [9.17, 15) is 0 Å². The summed E-state index contributed by atoms with van der Waals surface area (Å²) < 4.78 is 5.21. The second kappa shape index (κ2) is 7.98. The minimum absolute atomic E-state index is 0.0919. The third-order valence-corrected chi connectivity index (χ3v) is 2.99. The second-order valence-electron chi connectivity index (χ2n) is 4.50. The molecule has 20 heavy (non-hydrogen) atoms. The van der Waals surface area contributed by atoms with E-state index in [1.54, 1.807) is 0 Å². The Morgan fingerprint density at radius 1 is 0.950 bits per heavy atom. The van der Waals surface area contributed by atoms with Crippen molar-refractivity contribution < 1.29 is 4.74 Å². The summed E-state index contributed by atoms with van der Waals surface area (Å²) in [5.41, 5.74) is 2.56. The smallest absolute Gasteiger partial charge is 0.174 e. The van der Waals surface area contributed by atoms with Crippen LogP contribution in [0.1, 0.15) is 11.1 Å². The maximum Gasteiger partial charge on any atom is 0.174 e. The summed E-state index contributed by atoms with van der Waals surface area (Å²) in [6.07, 6.45) is 1.03. The van der Waals surface area contributed by atoms with Gasteiger partial charge in [-0.1, -0.05) is 42.5 Å². The molecule has 0 saturated carbocycles. The summed E-state index contributed by atoms with van der Waals surface area (Å²) in [5.74, 6) is 0.736. The molecule has 2 aromatic rings. The van der Waals surface area contributed by atoms with Crippen molar-refractivity contribution in [3.8, 4) is 11.8 Å². The zero-order valence-corrected chi connectivity index (χ0v) is 11.4. The molecule has 0 aliphatic carbocycles. The van der Waals surface area contributed by atoms with Gasteiger partial charge >= 0.3 is 0 Å². The number of rotatable bonds is 7. The van der Waals surface area contributed by atoms with E-state index < -0.39 is 0 Å². The number of nitriles is 1. The molecule has 0 spiro atoms. The molecule has 3 nitrogen and oxygen atoms in total. The van der Waals surface area contributed by atoms with Crippen LogP contribution in [-0.2, 0) is 13.0 Å². The molecule has 1 N–H and O–H groups in total. The van der Waals surface area contributed by atoms with Crippen molar-refractivity contribution in [2.45, 2.75) is 13.0 Å². The van der Waals surface area contributed by atoms with Crippen molar-refractivity contribution in [2.75, 3.05) is 13.2 Å². The van der Waals surface area contributed by atoms with E-state index in [1.807, 2.05) is 36.4 Å². The van der Waals surface area contributed by atoms with Gasteiger partial charge in [-0.25, -0.2) is 0 Å². The Morgan fingerprint density at radius 3 is 2.40 bits per heavy atom. The summed E-state index contributed by atoms with van der Waals surface area (Å²) in [6.45, 7) is 1.89. The van der Waals surface area contributed by atoms with Gasteiger partial charge in [0.2, 0.25) is 0 Å². The van der Waals surface area contributed by atoms with Crippen LogP contribution in [0.3, 0.4) is 0 Å². The molecule has 3 heteroatoms. The SMILES string of the molecule is N#CCOc1ccc(CNCCc2ccccc2)cc1. The Balaban J connectivity index is 1.70. The summed E-state index contributed by atoms with van der Waals surface area (Å²) in [5, 5.41) is 11.9. The predicted molar refractivity (Wildman–Crippen MR) is 79.4 cm³/mol. The monoisotopic (exact) mass is 266 g/mol. The quantitative estimate of drug-likeness (QED) is 0.784. The number of nitrogens with zero attached hydrogens (tertiary/aromatic N) is 1. The number of nitrogens with one attached hydrogen (secondary N) is 1. The van der Waals surface area contributed by atoms with E-state index in [0.29, 0.717) is 0 Å². The summed E-state index contributed by atoms with van der Waals surface area (Å²) in [6, 6.07) is 20.2. The van der Waals surface area contributed by atoms with Crippen molar-refractivity contribution in [3.63, 3.8) is 0 Å². The topological polar surface area (TPSA) is 45.0 Å². The Kier molecular flexibility index (Phi) is 5.63. The lowest BCUT2D eigenvalue weighted by Crippen LogP contribution is -2.16. The lowest BCUT2D eigenvalue weighted by Gasteiger charge is -2.06. The van der Waals surface area contributed by atoms with E-state index in [-0.39, 0.29) is 6.61 Å². The molecule has 0 heterocycles. The predicted octanol–water partition coefficient (Wildman–Crippen LogP) is 2.92. The van der Waals surface area contributed by atoms with Gasteiger partial charge in [-0.2, -0.15) is 5.26 Å². The molecule has 102 valence electrons. The third-order valence-electron chi connectivity index (χ3n) is 2.99. The largest absolute Gasteiger partial charge is 0.479 e. The van der Waals surface area contributed by atoms with E-state index in [4.69, 9.17) is 10.00 Å². The molecule has 2 rings (SSSR count). The highest BCUT2D eigenvalue weighted by atomic mass is 16.5. The Hall–Kier alpha value is -2.31. The summed E-state index contributed by atoms with van der Waals surface area (Å²) in [4.78, 5) is 0. The average Bonchev–Trinajstić information content (AvgIpc) is 2.52. The highest BCUT2D eigenvalue weighted by Crippen LogP contribution is 2.11. The Labute approximate surface area is 119 Å². The van der Waals surface area contributed by atoms with Gasteiger partial charge in [-0.05, 0) is 36.2 Å². The molecule has 0 aliphatic rings. The zero-order chi connectivity index (χ0) is 14.0.